The van der Waals surface area contributed by atoms with Gasteiger partial charge in [-0.25, -0.2) is 0 Å². The van der Waals surface area contributed by atoms with E-state index >= 15 is 0 Å². The van der Waals surface area contributed by atoms with Crippen molar-refractivity contribution in [2.45, 2.75) is 13.0 Å². The molecule has 6 nitrogen and oxygen atoms in total. The Balaban J connectivity index is 1.82. The summed E-state index contributed by atoms with van der Waals surface area (Å²) in [6, 6.07) is 16.5. The minimum absolute atomic E-state index is 0.0813. The fourth-order valence-corrected chi connectivity index (χ4v) is 2.52. The summed E-state index contributed by atoms with van der Waals surface area (Å²) in [4.78, 5) is 12.4. The molecule has 0 aliphatic carbocycles. The maximum absolute atomic E-state index is 12.4. The molecule has 2 aromatic carbocycles. The first kappa shape index (κ1) is 16.0. The van der Waals surface area contributed by atoms with Crippen LogP contribution >= 0.6 is 11.6 Å². The third-order valence-corrected chi connectivity index (χ3v) is 3.86. The number of aromatic nitrogens is 3. The Morgan fingerprint density at radius 2 is 1.96 bits per heavy atom. The lowest BCUT2D eigenvalue weighted by atomic mass is 10.1. The van der Waals surface area contributed by atoms with Gasteiger partial charge in [0.1, 0.15) is 0 Å². The van der Waals surface area contributed by atoms with Gasteiger partial charge in [-0.05, 0) is 30.7 Å². The highest BCUT2D eigenvalue weighted by atomic mass is 35.5. The van der Waals surface area contributed by atoms with E-state index < -0.39 is 0 Å². The summed E-state index contributed by atoms with van der Waals surface area (Å²) in [5.41, 5.74) is 7.75. The number of carbonyl (C=O) groups excluding carboxylic acids is 1. The fraction of sp³-hybridized carbons (Fsp3) is 0.118. The number of nitrogens with two attached hydrogens (primary N) is 1. The van der Waals surface area contributed by atoms with Gasteiger partial charge in [0.15, 0.2) is 11.5 Å². The predicted octanol–water partition coefficient (Wildman–Crippen LogP) is 2.99. The molecule has 0 radical (unpaired) electrons. The zero-order valence-corrected chi connectivity index (χ0v) is 13.7. The molecule has 1 amide bonds. The van der Waals surface area contributed by atoms with Crippen molar-refractivity contribution in [3.05, 3.63) is 70.9 Å². The van der Waals surface area contributed by atoms with Crippen LogP contribution in [0.3, 0.4) is 0 Å². The molecule has 0 aliphatic heterocycles. The van der Waals surface area contributed by atoms with Gasteiger partial charge in [0.2, 0.25) is 0 Å². The van der Waals surface area contributed by atoms with Crippen LogP contribution in [0.2, 0.25) is 5.02 Å². The summed E-state index contributed by atoms with van der Waals surface area (Å²) < 4.78 is 1.38. The van der Waals surface area contributed by atoms with Gasteiger partial charge in [0, 0.05) is 5.02 Å². The molecule has 0 fully saturated rings. The Morgan fingerprint density at radius 1 is 1.21 bits per heavy atom. The summed E-state index contributed by atoms with van der Waals surface area (Å²) in [7, 11) is 0. The van der Waals surface area contributed by atoms with E-state index in [1.54, 1.807) is 24.3 Å². The molecule has 3 rings (SSSR count). The highest BCUT2D eigenvalue weighted by Crippen LogP contribution is 2.19. The molecule has 0 saturated heterocycles. The number of nitrogen functional groups attached to an aromatic ring is 1. The van der Waals surface area contributed by atoms with E-state index in [9.17, 15) is 4.79 Å². The Labute approximate surface area is 144 Å². The van der Waals surface area contributed by atoms with Crippen LogP contribution < -0.4 is 11.1 Å². The second-order valence-corrected chi connectivity index (χ2v) is 5.76. The highest BCUT2D eigenvalue weighted by Gasteiger charge is 2.20. The first-order chi connectivity index (χ1) is 11.6. The molecule has 1 unspecified atom stereocenters. The smallest absolute Gasteiger partial charge is 0.276 e. The van der Waals surface area contributed by atoms with Gasteiger partial charge in [0.25, 0.3) is 5.91 Å². The molecule has 3 N–H and O–H groups in total. The molecular formula is C17H16ClN5O. The van der Waals surface area contributed by atoms with Gasteiger partial charge < -0.3 is 11.1 Å². The molecule has 122 valence electrons. The average molecular weight is 342 g/mol. The van der Waals surface area contributed by atoms with Crippen molar-refractivity contribution in [2.24, 2.45) is 0 Å². The van der Waals surface area contributed by atoms with E-state index in [2.05, 4.69) is 15.6 Å². The van der Waals surface area contributed by atoms with Crippen LogP contribution in [0.1, 0.15) is 29.0 Å². The monoisotopic (exact) mass is 341 g/mol. The number of hydrogen-bond acceptors (Lipinski definition) is 4. The Bertz CT molecular complexity index is 862. The number of hydrogen-bond donors (Lipinski definition) is 2. The summed E-state index contributed by atoms with van der Waals surface area (Å²) in [6.45, 7) is 1.89. The van der Waals surface area contributed by atoms with Gasteiger partial charge >= 0.3 is 0 Å². The molecule has 1 heterocycles. The van der Waals surface area contributed by atoms with Crippen molar-refractivity contribution in [1.82, 2.24) is 20.3 Å². The van der Waals surface area contributed by atoms with Crippen molar-refractivity contribution in [3.63, 3.8) is 0 Å². The second kappa shape index (κ2) is 6.72. The lowest BCUT2D eigenvalue weighted by Crippen LogP contribution is -2.27. The summed E-state index contributed by atoms with van der Waals surface area (Å²) in [5, 5.41) is 11.3. The van der Waals surface area contributed by atoms with Gasteiger partial charge in [0.05, 0.1) is 11.7 Å². The molecule has 1 atom stereocenters. The Hall–Kier alpha value is -2.86. The first-order valence-corrected chi connectivity index (χ1v) is 7.77. The van der Waals surface area contributed by atoms with Gasteiger partial charge in [-0.1, -0.05) is 53.2 Å². The van der Waals surface area contributed by atoms with Crippen molar-refractivity contribution in [3.8, 4) is 5.69 Å². The van der Waals surface area contributed by atoms with E-state index in [1.807, 2.05) is 37.3 Å². The molecule has 0 aliphatic rings. The van der Waals surface area contributed by atoms with Crippen LogP contribution in [-0.4, -0.2) is 20.9 Å². The SMILES string of the molecule is CC(NC(=O)c1nnn(-c2cccc(Cl)c2)c1N)c1ccccc1. The van der Waals surface area contributed by atoms with E-state index in [1.165, 1.54) is 4.68 Å². The van der Waals surface area contributed by atoms with Crippen molar-refractivity contribution in [1.29, 1.82) is 0 Å². The number of benzene rings is 2. The molecule has 24 heavy (non-hydrogen) atoms. The van der Waals surface area contributed by atoms with Crippen LogP contribution in [0.4, 0.5) is 5.82 Å². The standard InChI is InChI=1S/C17H16ClN5O/c1-11(12-6-3-2-4-7-12)20-17(24)15-16(19)23(22-21-15)14-9-5-8-13(18)10-14/h2-11H,19H2,1H3,(H,20,24). The van der Waals surface area contributed by atoms with Crippen LogP contribution in [0.25, 0.3) is 5.69 Å². The lowest BCUT2D eigenvalue weighted by Gasteiger charge is -2.13. The van der Waals surface area contributed by atoms with Crippen molar-refractivity contribution >= 4 is 23.3 Å². The quantitative estimate of drug-likeness (QED) is 0.763. The van der Waals surface area contributed by atoms with E-state index in [0.717, 1.165) is 5.56 Å². The molecule has 0 saturated carbocycles. The third-order valence-electron chi connectivity index (χ3n) is 3.62. The molecule has 0 spiro atoms. The van der Waals surface area contributed by atoms with Crippen LogP contribution in [0, 0.1) is 0 Å². The number of rotatable bonds is 4. The minimum atomic E-state index is -0.378. The van der Waals surface area contributed by atoms with Gasteiger partial charge in [-0.15, -0.1) is 5.10 Å². The summed E-state index contributed by atoms with van der Waals surface area (Å²) >= 11 is 5.97. The lowest BCUT2D eigenvalue weighted by molar-refractivity contribution is 0.0935. The average Bonchev–Trinajstić information content (AvgIpc) is 2.97. The second-order valence-electron chi connectivity index (χ2n) is 5.32. The largest absolute Gasteiger partial charge is 0.382 e. The van der Waals surface area contributed by atoms with Crippen molar-refractivity contribution in [2.75, 3.05) is 5.73 Å². The van der Waals surface area contributed by atoms with Crippen LogP contribution in [0.5, 0.6) is 0 Å². The summed E-state index contributed by atoms with van der Waals surface area (Å²) in [6.07, 6.45) is 0. The van der Waals surface area contributed by atoms with Crippen molar-refractivity contribution < 1.29 is 4.79 Å². The number of carbonyl (C=O) groups is 1. The maximum atomic E-state index is 12.4. The van der Waals surface area contributed by atoms with Crippen LogP contribution in [-0.2, 0) is 0 Å². The van der Waals surface area contributed by atoms with E-state index in [0.29, 0.717) is 10.7 Å². The van der Waals surface area contributed by atoms with Gasteiger partial charge in [-0.3, -0.25) is 4.79 Å². The Morgan fingerprint density at radius 3 is 2.67 bits per heavy atom. The predicted molar refractivity (Wildman–Crippen MR) is 93.1 cm³/mol. The molecular weight excluding hydrogens is 326 g/mol. The first-order valence-electron chi connectivity index (χ1n) is 7.39. The number of anilines is 1. The normalized spacial score (nSPS) is 11.9. The number of amides is 1. The van der Waals surface area contributed by atoms with Crippen LogP contribution in [0.15, 0.2) is 54.6 Å². The number of nitrogens with one attached hydrogen (secondary N) is 1. The van der Waals surface area contributed by atoms with Gasteiger partial charge in [-0.2, -0.15) is 4.68 Å². The topological polar surface area (TPSA) is 85.8 Å². The molecule has 1 aromatic heterocycles. The fourth-order valence-electron chi connectivity index (χ4n) is 2.34. The Kier molecular flexibility index (Phi) is 4.48. The van der Waals surface area contributed by atoms with E-state index in [-0.39, 0.29) is 23.5 Å². The summed E-state index contributed by atoms with van der Waals surface area (Å²) in [5.74, 6) is -0.216. The zero-order valence-electron chi connectivity index (χ0n) is 13.0. The third kappa shape index (κ3) is 3.23. The highest BCUT2D eigenvalue weighted by molar-refractivity contribution is 6.30. The number of nitrogens with zero attached hydrogens (tertiary/aromatic N) is 3. The molecule has 7 heteroatoms. The zero-order chi connectivity index (χ0) is 17.1. The molecule has 3 aromatic rings. The maximum Gasteiger partial charge on any atom is 0.276 e. The van der Waals surface area contributed by atoms with E-state index in [4.69, 9.17) is 17.3 Å². The number of halogens is 1. The molecule has 0 bridgehead atoms. The minimum Gasteiger partial charge on any atom is -0.382 e.